The van der Waals surface area contributed by atoms with Crippen molar-refractivity contribution in [2.24, 2.45) is 5.73 Å². The zero-order valence-corrected chi connectivity index (χ0v) is 11.5. The highest BCUT2D eigenvalue weighted by Crippen LogP contribution is 2.20. The summed E-state index contributed by atoms with van der Waals surface area (Å²) in [5, 5.41) is 0. The van der Waals surface area contributed by atoms with Crippen molar-refractivity contribution in [3.8, 4) is 0 Å². The fourth-order valence-electron chi connectivity index (χ4n) is 2.18. The van der Waals surface area contributed by atoms with Crippen molar-refractivity contribution in [3.63, 3.8) is 0 Å². The Labute approximate surface area is 108 Å². The summed E-state index contributed by atoms with van der Waals surface area (Å²) in [6.45, 7) is 4.33. The molecule has 0 radical (unpaired) electrons. The standard InChI is InChI=1S/C12H19N3O2S/c1-9-8-18(16,17)6-5-15(9)12-4-3-11(7-14-12)10(2)13/h3-4,7,9-10H,5-6,8,13H2,1-2H3/t9?,10-/m0/s1. The lowest BCUT2D eigenvalue weighted by molar-refractivity contribution is 0.567. The third kappa shape index (κ3) is 2.81. The SMILES string of the molecule is CC1CS(=O)(=O)CCN1c1ccc([C@H](C)N)cn1. The average Bonchev–Trinajstić information content (AvgIpc) is 2.28. The van der Waals surface area contributed by atoms with Gasteiger partial charge in [-0.05, 0) is 25.5 Å². The predicted molar refractivity (Wildman–Crippen MR) is 72.3 cm³/mol. The molecule has 0 bridgehead atoms. The minimum atomic E-state index is -2.88. The monoisotopic (exact) mass is 269 g/mol. The van der Waals surface area contributed by atoms with Gasteiger partial charge in [-0.25, -0.2) is 13.4 Å². The Hall–Kier alpha value is -1.14. The van der Waals surface area contributed by atoms with E-state index in [0.29, 0.717) is 6.54 Å². The second-order valence-corrected chi connectivity index (χ2v) is 7.12. The van der Waals surface area contributed by atoms with E-state index >= 15 is 0 Å². The lowest BCUT2D eigenvalue weighted by Crippen LogP contribution is -2.47. The molecule has 0 saturated carbocycles. The first-order valence-corrected chi connectivity index (χ1v) is 7.90. The van der Waals surface area contributed by atoms with Crippen LogP contribution < -0.4 is 10.6 Å². The molecule has 0 spiro atoms. The third-order valence-electron chi connectivity index (χ3n) is 3.26. The van der Waals surface area contributed by atoms with Gasteiger partial charge in [0.2, 0.25) is 0 Å². The van der Waals surface area contributed by atoms with Crippen LogP contribution >= 0.6 is 0 Å². The third-order valence-corrected chi connectivity index (χ3v) is 5.06. The Morgan fingerprint density at radius 1 is 1.50 bits per heavy atom. The largest absolute Gasteiger partial charge is 0.352 e. The van der Waals surface area contributed by atoms with E-state index in [1.165, 1.54) is 0 Å². The van der Waals surface area contributed by atoms with E-state index in [1.54, 1.807) is 6.20 Å². The molecule has 0 aromatic carbocycles. The molecule has 18 heavy (non-hydrogen) atoms. The van der Waals surface area contributed by atoms with Crippen LogP contribution in [-0.4, -0.2) is 37.5 Å². The molecule has 1 aliphatic heterocycles. The van der Waals surface area contributed by atoms with E-state index in [2.05, 4.69) is 4.98 Å². The molecule has 0 amide bonds. The molecule has 2 heterocycles. The van der Waals surface area contributed by atoms with Gasteiger partial charge in [-0.3, -0.25) is 0 Å². The molecule has 1 aromatic rings. The summed E-state index contributed by atoms with van der Waals surface area (Å²) in [5.41, 5.74) is 6.75. The van der Waals surface area contributed by atoms with Crippen LogP contribution in [0.15, 0.2) is 18.3 Å². The normalized spacial score (nSPS) is 24.8. The molecule has 5 nitrogen and oxygen atoms in total. The molecule has 1 fully saturated rings. The number of nitrogens with two attached hydrogens (primary N) is 1. The number of rotatable bonds is 2. The number of hydrogen-bond donors (Lipinski definition) is 1. The van der Waals surface area contributed by atoms with Gasteiger partial charge in [0, 0.05) is 24.8 Å². The van der Waals surface area contributed by atoms with E-state index in [0.717, 1.165) is 11.4 Å². The van der Waals surface area contributed by atoms with Crippen molar-refractivity contribution in [2.75, 3.05) is 23.0 Å². The van der Waals surface area contributed by atoms with Gasteiger partial charge in [0.05, 0.1) is 11.5 Å². The van der Waals surface area contributed by atoms with Crippen LogP contribution in [0.25, 0.3) is 0 Å². The van der Waals surface area contributed by atoms with Crippen LogP contribution in [0.3, 0.4) is 0 Å². The van der Waals surface area contributed by atoms with Gasteiger partial charge in [-0.1, -0.05) is 6.07 Å². The topological polar surface area (TPSA) is 76.3 Å². The highest BCUT2D eigenvalue weighted by molar-refractivity contribution is 7.91. The van der Waals surface area contributed by atoms with Crippen molar-refractivity contribution in [3.05, 3.63) is 23.9 Å². The fraction of sp³-hybridized carbons (Fsp3) is 0.583. The fourth-order valence-corrected chi connectivity index (χ4v) is 3.73. The minimum absolute atomic E-state index is 0.0302. The van der Waals surface area contributed by atoms with Gasteiger partial charge in [0.15, 0.2) is 9.84 Å². The van der Waals surface area contributed by atoms with Crippen LogP contribution in [0.4, 0.5) is 5.82 Å². The summed E-state index contributed by atoms with van der Waals surface area (Å²) >= 11 is 0. The van der Waals surface area contributed by atoms with Crippen LogP contribution in [0, 0.1) is 0 Å². The lowest BCUT2D eigenvalue weighted by Gasteiger charge is -2.34. The molecule has 1 saturated heterocycles. The molecule has 1 aromatic heterocycles. The van der Waals surface area contributed by atoms with Crippen molar-refractivity contribution in [1.29, 1.82) is 0 Å². The first-order valence-electron chi connectivity index (χ1n) is 6.07. The van der Waals surface area contributed by atoms with Crippen LogP contribution in [0.5, 0.6) is 0 Å². The quantitative estimate of drug-likeness (QED) is 0.856. The summed E-state index contributed by atoms with van der Waals surface area (Å²) in [5.74, 6) is 1.22. The first kappa shape index (κ1) is 13.3. The molecule has 6 heteroatoms. The summed E-state index contributed by atoms with van der Waals surface area (Å²) in [6.07, 6.45) is 1.76. The number of pyridine rings is 1. The molecule has 0 aliphatic carbocycles. The minimum Gasteiger partial charge on any atom is -0.352 e. The van der Waals surface area contributed by atoms with E-state index in [4.69, 9.17) is 5.73 Å². The van der Waals surface area contributed by atoms with Gasteiger partial charge >= 0.3 is 0 Å². The lowest BCUT2D eigenvalue weighted by atomic mass is 10.1. The van der Waals surface area contributed by atoms with Crippen molar-refractivity contribution in [2.45, 2.75) is 25.9 Å². The van der Waals surface area contributed by atoms with E-state index in [1.807, 2.05) is 30.9 Å². The van der Waals surface area contributed by atoms with Gasteiger partial charge in [0.25, 0.3) is 0 Å². The summed E-state index contributed by atoms with van der Waals surface area (Å²) in [4.78, 5) is 6.41. The van der Waals surface area contributed by atoms with Gasteiger partial charge in [0.1, 0.15) is 5.82 Å². The first-order chi connectivity index (χ1) is 8.39. The molecular weight excluding hydrogens is 250 g/mol. The summed E-state index contributed by atoms with van der Waals surface area (Å²) in [7, 11) is -2.88. The second kappa shape index (κ2) is 4.85. The smallest absolute Gasteiger partial charge is 0.154 e. The van der Waals surface area contributed by atoms with Crippen molar-refractivity contribution >= 4 is 15.7 Å². The van der Waals surface area contributed by atoms with Gasteiger partial charge in [-0.15, -0.1) is 0 Å². The number of aromatic nitrogens is 1. The molecule has 2 N–H and O–H groups in total. The van der Waals surface area contributed by atoms with Gasteiger partial charge in [-0.2, -0.15) is 0 Å². The van der Waals surface area contributed by atoms with E-state index < -0.39 is 9.84 Å². The zero-order chi connectivity index (χ0) is 13.3. The van der Waals surface area contributed by atoms with Gasteiger partial charge < -0.3 is 10.6 Å². The van der Waals surface area contributed by atoms with Crippen molar-refractivity contribution in [1.82, 2.24) is 4.98 Å². The number of nitrogens with zero attached hydrogens (tertiary/aromatic N) is 2. The van der Waals surface area contributed by atoms with Crippen LogP contribution in [-0.2, 0) is 9.84 Å². The Morgan fingerprint density at radius 3 is 2.72 bits per heavy atom. The highest BCUT2D eigenvalue weighted by Gasteiger charge is 2.28. The molecular formula is C12H19N3O2S. The maximum Gasteiger partial charge on any atom is 0.154 e. The molecule has 2 rings (SSSR count). The Morgan fingerprint density at radius 2 is 2.22 bits per heavy atom. The molecule has 1 aliphatic rings. The van der Waals surface area contributed by atoms with Crippen LogP contribution in [0.2, 0.25) is 0 Å². The number of anilines is 1. The molecule has 100 valence electrons. The summed E-state index contributed by atoms with van der Waals surface area (Å²) in [6, 6.07) is 3.79. The Kier molecular flexibility index (Phi) is 3.59. The summed E-state index contributed by atoms with van der Waals surface area (Å²) < 4.78 is 23.0. The Bertz CT molecular complexity index is 511. The zero-order valence-electron chi connectivity index (χ0n) is 10.7. The van der Waals surface area contributed by atoms with E-state index in [-0.39, 0.29) is 23.6 Å². The highest BCUT2D eigenvalue weighted by atomic mass is 32.2. The molecule has 2 atom stereocenters. The molecule has 1 unspecified atom stereocenters. The van der Waals surface area contributed by atoms with Crippen LogP contribution in [0.1, 0.15) is 25.5 Å². The number of hydrogen-bond acceptors (Lipinski definition) is 5. The van der Waals surface area contributed by atoms with Crippen molar-refractivity contribution < 1.29 is 8.42 Å². The predicted octanol–water partition coefficient (Wildman–Crippen LogP) is 0.725. The maximum atomic E-state index is 11.5. The average molecular weight is 269 g/mol. The second-order valence-electron chi connectivity index (χ2n) is 4.90. The Balaban J connectivity index is 2.17. The maximum absolute atomic E-state index is 11.5. The number of sulfone groups is 1. The van der Waals surface area contributed by atoms with E-state index in [9.17, 15) is 8.42 Å².